The Kier molecular flexibility index (Phi) is 2.31. The van der Waals surface area contributed by atoms with Crippen LogP contribution in [0.4, 0.5) is 0 Å². The van der Waals surface area contributed by atoms with Crippen molar-refractivity contribution < 1.29 is 8.42 Å². The average Bonchev–Trinajstić information content (AvgIpc) is 2.50. The molecule has 0 bridgehead atoms. The smallest absolute Gasteiger partial charge is 0.274 e. The van der Waals surface area contributed by atoms with Gasteiger partial charge in [-0.1, -0.05) is 0 Å². The molecule has 6 heteroatoms. The number of hydrogen-bond donors (Lipinski definition) is 2. The maximum absolute atomic E-state index is 10.8. The highest BCUT2D eigenvalue weighted by atomic mass is 32.2. The van der Waals surface area contributed by atoms with Crippen molar-refractivity contribution in [2.24, 2.45) is 5.14 Å². The predicted octanol–water partition coefficient (Wildman–Crippen LogP) is -0.984. The van der Waals surface area contributed by atoms with Crippen LogP contribution >= 0.6 is 0 Å². The molecule has 76 valence electrons. The van der Waals surface area contributed by atoms with Gasteiger partial charge in [0.05, 0.1) is 0 Å². The molecule has 2 heterocycles. The van der Waals surface area contributed by atoms with Gasteiger partial charge in [-0.05, 0) is 25.8 Å². The fourth-order valence-corrected chi connectivity index (χ4v) is 3.13. The van der Waals surface area contributed by atoms with E-state index < -0.39 is 10.2 Å². The maximum atomic E-state index is 10.8. The molecule has 2 rings (SSSR count). The molecular formula is C7H15N3O2S. The lowest BCUT2D eigenvalue weighted by molar-refractivity contribution is 0.309. The first-order valence-corrected chi connectivity index (χ1v) is 6.15. The summed E-state index contributed by atoms with van der Waals surface area (Å²) < 4.78 is 24.1. The van der Waals surface area contributed by atoms with Crippen LogP contribution in [0.1, 0.15) is 19.3 Å². The molecule has 0 aromatic carbocycles. The molecule has 0 radical (unpaired) electrons. The molecule has 5 nitrogen and oxygen atoms in total. The molecule has 0 aromatic heterocycles. The van der Waals surface area contributed by atoms with E-state index in [1.807, 2.05) is 0 Å². The van der Waals surface area contributed by atoms with Gasteiger partial charge in [-0.3, -0.25) is 4.90 Å². The predicted molar refractivity (Wildman–Crippen MR) is 49.2 cm³/mol. The zero-order chi connectivity index (χ0) is 9.47. The van der Waals surface area contributed by atoms with E-state index in [4.69, 9.17) is 5.14 Å². The van der Waals surface area contributed by atoms with Crippen molar-refractivity contribution in [3.63, 3.8) is 0 Å². The van der Waals surface area contributed by atoms with Crippen LogP contribution in [-0.2, 0) is 10.2 Å². The minimum Gasteiger partial charge on any atom is -0.299 e. The zero-order valence-electron chi connectivity index (χ0n) is 7.44. The summed E-state index contributed by atoms with van der Waals surface area (Å²) in [5.41, 5.74) is 0. The second-order valence-electron chi connectivity index (χ2n) is 3.80. The van der Waals surface area contributed by atoms with Gasteiger partial charge in [-0.25, -0.2) is 5.14 Å². The van der Waals surface area contributed by atoms with Gasteiger partial charge in [0.2, 0.25) is 0 Å². The minimum absolute atomic E-state index is 0.0394. The summed E-state index contributed by atoms with van der Waals surface area (Å²) in [5.74, 6) is 0. The van der Waals surface area contributed by atoms with Gasteiger partial charge in [0.15, 0.2) is 0 Å². The summed E-state index contributed by atoms with van der Waals surface area (Å²) >= 11 is 0. The van der Waals surface area contributed by atoms with E-state index in [9.17, 15) is 8.42 Å². The van der Waals surface area contributed by atoms with Crippen molar-refractivity contribution >= 4 is 10.2 Å². The lowest BCUT2D eigenvalue weighted by Crippen LogP contribution is -2.45. The van der Waals surface area contributed by atoms with Crippen LogP contribution < -0.4 is 9.86 Å². The van der Waals surface area contributed by atoms with Gasteiger partial charge in [-0.15, -0.1) is 0 Å². The Balaban J connectivity index is 2.01. The van der Waals surface area contributed by atoms with Crippen molar-refractivity contribution in [3.8, 4) is 0 Å². The van der Waals surface area contributed by atoms with Crippen LogP contribution in [0.25, 0.3) is 0 Å². The molecule has 13 heavy (non-hydrogen) atoms. The Bertz CT molecular complexity index is 290. The lowest BCUT2D eigenvalue weighted by atomic mass is 10.1. The number of hydrogen-bond acceptors (Lipinski definition) is 3. The van der Waals surface area contributed by atoms with Gasteiger partial charge >= 0.3 is 0 Å². The molecule has 2 aliphatic rings. The van der Waals surface area contributed by atoms with Crippen molar-refractivity contribution in [2.45, 2.75) is 31.3 Å². The zero-order valence-corrected chi connectivity index (χ0v) is 8.26. The highest BCUT2D eigenvalue weighted by Crippen LogP contribution is 2.27. The van der Waals surface area contributed by atoms with E-state index >= 15 is 0 Å². The van der Waals surface area contributed by atoms with Gasteiger partial charge < -0.3 is 0 Å². The van der Waals surface area contributed by atoms with E-state index in [-0.39, 0.29) is 6.04 Å². The SMILES string of the molecule is NS(=O)(=O)NC1CCN2CCCC12. The molecule has 0 spiro atoms. The Hall–Kier alpha value is -0.170. The summed E-state index contributed by atoms with van der Waals surface area (Å²) in [7, 11) is -3.52. The van der Waals surface area contributed by atoms with Gasteiger partial charge in [0, 0.05) is 18.6 Å². The van der Waals surface area contributed by atoms with Crippen molar-refractivity contribution in [2.75, 3.05) is 13.1 Å². The van der Waals surface area contributed by atoms with E-state index in [1.165, 1.54) is 6.42 Å². The number of rotatable bonds is 2. The van der Waals surface area contributed by atoms with Crippen molar-refractivity contribution in [1.82, 2.24) is 9.62 Å². The van der Waals surface area contributed by atoms with E-state index in [1.54, 1.807) is 0 Å². The molecule has 3 N–H and O–H groups in total. The minimum atomic E-state index is -3.52. The van der Waals surface area contributed by atoms with Gasteiger partial charge in [0.25, 0.3) is 10.2 Å². The first-order valence-electron chi connectivity index (χ1n) is 4.60. The molecule has 2 aliphatic heterocycles. The lowest BCUT2D eigenvalue weighted by Gasteiger charge is -2.19. The number of nitrogens with zero attached hydrogens (tertiary/aromatic N) is 1. The number of nitrogens with two attached hydrogens (primary N) is 1. The third-order valence-electron chi connectivity index (χ3n) is 2.92. The topological polar surface area (TPSA) is 75.4 Å². The summed E-state index contributed by atoms with van der Waals surface area (Å²) in [5, 5.41) is 4.94. The summed E-state index contributed by atoms with van der Waals surface area (Å²) in [6.45, 7) is 2.10. The fraction of sp³-hybridized carbons (Fsp3) is 1.00. The molecule has 0 aromatic rings. The van der Waals surface area contributed by atoms with E-state index in [0.29, 0.717) is 6.04 Å². The van der Waals surface area contributed by atoms with Crippen LogP contribution in [0.2, 0.25) is 0 Å². The molecule has 2 unspecified atom stereocenters. The molecule has 2 saturated heterocycles. The van der Waals surface area contributed by atoms with E-state index in [2.05, 4.69) is 9.62 Å². The van der Waals surface area contributed by atoms with Crippen LogP contribution in [0.15, 0.2) is 0 Å². The van der Waals surface area contributed by atoms with Crippen LogP contribution in [0.5, 0.6) is 0 Å². The Labute approximate surface area is 78.5 Å². The first-order chi connectivity index (χ1) is 6.06. The van der Waals surface area contributed by atoms with Crippen molar-refractivity contribution in [1.29, 1.82) is 0 Å². The molecule has 0 amide bonds. The molecule has 2 fully saturated rings. The first kappa shape index (κ1) is 9.39. The summed E-state index contributed by atoms with van der Waals surface area (Å²) in [6, 6.07) is 0.427. The quantitative estimate of drug-likeness (QED) is 0.608. The Morgan fingerprint density at radius 2 is 2.08 bits per heavy atom. The number of fused-ring (bicyclic) bond motifs is 1. The standard InChI is InChI=1S/C7H15N3O2S/c8-13(11,12)9-6-3-5-10-4-1-2-7(6)10/h6-7,9H,1-5H2,(H2,8,11,12). The second kappa shape index (κ2) is 3.20. The summed E-state index contributed by atoms with van der Waals surface area (Å²) in [6.07, 6.45) is 3.15. The maximum Gasteiger partial charge on any atom is 0.274 e. The fourth-order valence-electron chi connectivity index (χ4n) is 2.43. The van der Waals surface area contributed by atoms with E-state index in [0.717, 1.165) is 25.9 Å². The second-order valence-corrected chi connectivity index (χ2v) is 5.13. The molecule has 2 atom stereocenters. The van der Waals surface area contributed by atoms with Crippen LogP contribution in [-0.4, -0.2) is 38.5 Å². The molecule has 0 saturated carbocycles. The molecule has 0 aliphatic carbocycles. The monoisotopic (exact) mass is 205 g/mol. The Morgan fingerprint density at radius 3 is 2.77 bits per heavy atom. The highest BCUT2D eigenvalue weighted by molar-refractivity contribution is 7.87. The third-order valence-corrected chi connectivity index (χ3v) is 3.55. The third kappa shape index (κ3) is 2.01. The average molecular weight is 205 g/mol. The van der Waals surface area contributed by atoms with Gasteiger partial charge in [-0.2, -0.15) is 13.1 Å². The summed E-state index contributed by atoms with van der Waals surface area (Å²) in [4.78, 5) is 2.34. The van der Waals surface area contributed by atoms with Gasteiger partial charge in [0.1, 0.15) is 0 Å². The number of nitrogens with one attached hydrogen (secondary N) is 1. The normalized spacial score (nSPS) is 35.2. The van der Waals surface area contributed by atoms with Crippen LogP contribution in [0, 0.1) is 0 Å². The highest BCUT2D eigenvalue weighted by Gasteiger charge is 2.38. The Morgan fingerprint density at radius 1 is 1.31 bits per heavy atom. The van der Waals surface area contributed by atoms with Crippen LogP contribution in [0.3, 0.4) is 0 Å². The van der Waals surface area contributed by atoms with Crippen molar-refractivity contribution in [3.05, 3.63) is 0 Å². The molecular weight excluding hydrogens is 190 g/mol. The largest absolute Gasteiger partial charge is 0.299 e.